The number of aromatic amines is 1. The summed E-state index contributed by atoms with van der Waals surface area (Å²) in [6.45, 7) is 5.61. The number of nitrogens with one attached hydrogen (secondary N) is 1. The third-order valence-corrected chi connectivity index (χ3v) is 5.77. The minimum atomic E-state index is 1.00. The lowest BCUT2D eigenvalue weighted by Gasteiger charge is -2.36. The fraction of sp³-hybridized carbons (Fsp3) is 0.304. The fourth-order valence-corrected chi connectivity index (χ4v) is 4.28. The van der Waals surface area contributed by atoms with E-state index in [0.29, 0.717) is 0 Å². The first-order valence-corrected chi connectivity index (χ1v) is 9.87. The average Bonchev–Trinajstić information content (AvgIpc) is 3.36. The van der Waals surface area contributed by atoms with Gasteiger partial charge in [0.25, 0.3) is 0 Å². The van der Waals surface area contributed by atoms with Crippen molar-refractivity contribution in [3.05, 3.63) is 66.6 Å². The zero-order valence-electron chi connectivity index (χ0n) is 15.5. The second-order valence-corrected chi connectivity index (χ2v) is 7.41. The molecule has 0 atom stereocenters. The average molecular weight is 359 g/mol. The quantitative estimate of drug-likeness (QED) is 0.562. The zero-order valence-corrected chi connectivity index (χ0v) is 15.5. The number of nitrogens with zero attached hydrogens (tertiary/aromatic N) is 2. The molecule has 2 aromatic carbocycles. The van der Waals surface area contributed by atoms with Gasteiger partial charge in [-0.25, -0.2) is 0 Å². The SMILES string of the molecule is c1cc(N2CCN(CCCc3coc4ccccc34)CC2)c2cc[nH]c2c1. The van der Waals surface area contributed by atoms with Crippen molar-refractivity contribution in [3.63, 3.8) is 0 Å². The maximum Gasteiger partial charge on any atom is 0.134 e. The lowest BCUT2D eigenvalue weighted by atomic mass is 10.1. The van der Waals surface area contributed by atoms with Crippen LogP contribution in [0.4, 0.5) is 5.69 Å². The van der Waals surface area contributed by atoms with Crippen LogP contribution >= 0.6 is 0 Å². The Labute approximate surface area is 159 Å². The van der Waals surface area contributed by atoms with Crippen molar-refractivity contribution in [3.8, 4) is 0 Å². The van der Waals surface area contributed by atoms with Crippen LogP contribution in [0.5, 0.6) is 0 Å². The van der Waals surface area contributed by atoms with Gasteiger partial charge in [-0.15, -0.1) is 0 Å². The van der Waals surface area contributed by atoms with Gasteiger partial charge in [0, 0.05) is 54.4 Å². The van der Waals surface area contributed by atoms with E-state index in [1.165, 1.54) is 34.0 Å². The molecule has 1 aliphatic heterocycles. The second kappa shape index (κ2) is 7.12. The van der Waals surface area contributed by atoms with Gasteiger partial charge in [-0.2, -0.15) is 0 Å². The van der Waals surface area contributed by atoms with Crippen LogP contribution < -0.4 is 4.90 Å². The lowest BCUT2D eigenvalue weighted by molar-refractivity contribution is 0.255. The number of fused-ring (bicyclic) bond motifs is 2. The molecule has 0 bridgehead atoms. The standard InChI is InChI=1S/C23H25N3O/c1-2-9-23-19(6-1)18(17-27-23)5-4-12-25-13-15-26(16-14-25)22-8-3-7-21-20(22)10-11-24-21/h1-3,6-11,17,24H,4-5,12-16H2. The smallest absolute Gasteiger partial charge is 0.134 e. The molecule has 5 rings (SSSR count). The number of piperazine rings is 1. The molecule has 1 N–H and O–H groups in total. The zero-order chi connectivity index (χ0) is 18.1. The van der Waals surface area contributed by atoms with Gasteiger partial charge in [0.15, 0.2) is 0 Å². The van der Waals surface area contributed by atoms with Gasteiger partial charge in [0.2, 0.25) is 0 Å². The van der Waals surface area contributed by atoms with E-state index >= 15 is 0 Å². The summed E-state index contributed by atoms with van der Waals surface area (Å²) >= 11 is 0. The first-order chi connectivity index (χ1) is 13.4. The molecule has 0 unspecified atom stereocenters. The van der Waals surface area contributed by atoms with Crippen molar-refractivity contribution in [1.29, 1.82) is 0 Å². The Morgan fingerprint density at radius 1 is 0.889 bits per heavy atom. The Balaban J connectivity index is 1.16. The van der Waals surface area contributed by atoms with Gasteiger partial charge in [-0.05, 0) is 49.2 Å². The van der Waals surface area contributed by atoms with Crippen LogP contribution in [0.15, 0.2) is 65.4 Å². The molecular formula is C23H25N3O. The molecule has 3 heterocycles. The van der Waals surface area contributed by atoms with E-state index in [0.717, 1.165) is 44.7 Å². The predicted octanol–water partition coefficient (Wildman–Crippen LogP) is 4.67. The molecule has 1 saturated heterocycles. The van der Waals surface area contributed by atoms with Crippen molar-refractivity contribution >= 4 is 27.6 Å². The fourth-order valence-electron chi connectivity index (χ4n) is 4.28. The largest absolute Gasteiger partial charge is 0.464 e. The summed E-state index contributed by atoms with van der Waals surface area (Å²) in [4.78, 5) is 8.43. The predicted molar refractivity (Wildman–Crippen MR) is 111 cm³/mol. The van der Waals surface area contributed by atoms with E-state index in [1.54, 1.807) is 0 Å². The van der Waals surface area contributed by atoms with E-state index in [-0.39, 0.29) is 0 Å². The Kier molecular flexibility index (Phi) is 4.34. The highest BCUT2D eigenvalue weighted by molar-refractivity contribution is 5.92. The molecule has 4 heteroatoms. The molecule has 0 spiro atoms. The molecule has 0 amide bonds. The number of aryl methyl sites for hydroxylation is 1. The third kappa shape index (κ3) is 3.21. The van der Waals surface area contributed by atoms with E-state index in [2.05, 4.69) is 51.2 Å². The topological polar surface area (TPSA) is 35.4 Å². The van der Waals surface area contributed by atoms with Crippen LogP contribution in [0.1, 0.15) is 12.0 Å². The van der Waals surface area contributed by atoms with E-state index in [1.807, 2.05) is 24.6 Å². The molecule has 1 aliphatic rings. The van der Waals surface area contributed by atoms with Crippen LogP contribution in [-0.4, -0.2) is 42.6 Å². The molecule has 4 aromatic rings. The lowest BCUT2D eigenvalue weighted by Crippen LogP contribution is -2.46. The Hall–Kier alpha value is -2.72. The normalized spacial score (nSPS) is 15.8. The summed E-state index contributed by atoms with van der Waals surface area (Å²) in [5.74, 6) is 0. The van der Waals surface area contributed by atoms with Gasteiger partial charge in [-0.3, -0.25) is 4.90 Å². The maximum absolute atomic E-state index is 5.66. The van der Waals surface area contributed by atoms with Crippen LogP contribution in [0.2, 0.25) is 0 Å². The summed E-state index contributed by atoms with van der Waals surface area (Å²) in [6, 6.07) is 17.1. The van der Waals surface area contributed by atoms with E-state index in [9.17, 15) is 0 Å². The van der Waals surface area contributed by atoms with Gasteiger partial charge in [0.1, 0.15) is 5.58 Å². The first-order valence-electron chi connectivity index (χ1n) is 9.87. The number of hydrogen-bond acceptors (Lipinski definition) is 3. The third-order valence-electron chi connectivity index (χ3n) is 5.77. The molecule has 1 fully saturated rings. The highest BCUT2D eigenvalue weighted by Crippen LogP contribution is 2.27. The Morgan fingerprint density at radius 3 is 2.70 bits per heavy atom. The second-order valence-electron chi connectivity index (χ2n) is 7.41. The molecule has 138 valence electrons. The molecular weight excluding hydrogens is 334 g/mol. The number of hydrogen-bond donors (Lipinski definition) is 1. The van der Waals surface area contributed by atoms with Crippen LogP contribution in [0, 0.1) is 0 Å². The van der Waals surface area contributed by atoms with E-state index in [4.69, 9.17) is 4.42 Å². The number of benzene rings is 2. The van der Waals surface area contributed by atoms with E-state index < -0.39 is 0 Å². The Bertz CT molecular complexity index is 1040. The minimum absolute atomic E-state index is 1.00. The van der Waals surface area contributed by atoms with Crippen molar-refractivity contribution < 1.29 is 4.42 Å². The summed E-state index contributed by atoms with van der Waals surface area (Å²) in [7, 11) is 0. The summed E-state index contributed by atoms with van der Waals surface area (Å²) in [5.41, 5.74) is 4.92. The minimum Gasteiger partial charge on any atom is -0.464 e. The molecule has 0 saturated carbocycles. The number of rotatable bonds is 5. The monoisotopic (exact) mass is 359 g/mol. The highest BCUT2D eigenvalue weighted by atomic mass is 16.3. The molecule has 27 heavy (non-hydrogen) atoms. The number of para-hydroxylation sites is 1. The number of H-pyrrole nitrogens is 1. The van der Waals surface area contributed by atoms with Crippen molar-refractivity contribution in [1.82, 2.24) is 9.88 Å². The summed E-state index contributed by atoms with van der Waals surface area (Å²) in [6.07, 6.45) is 6.22. The van der Waals surface area contributed by atoms with Crippen LogP contribution in [0.3, 0.4) is 0 Å². The first kappa shape index (κ1) is 16.5. The summed E-state index contributed by atoms with van der Waals surface area (Å²) < 4.78 is 5.66. The number of furan rings is 1. The summed E-state index contributed by atoms with van der Waals surface area (Å²) in [5, 5.41) is 2.60. The van der Waals surface area contributed by atoms with Gasteiger partial charge < -0.3 is 14.3 Å². The van der Waals surface area contributed by atoms with Crippen LogP contribution in [-0.2, 0) is 6.42 Å². The number of aromatic nitrogens is 1. The van der Waals surface area contributed by atoms with Crippen molar-refractivity contribution in [2.24, 2.45) is 0 Å². The van der Waals surface area contributed by atoms with Crippen molar-refractivity contribution in [2.75, 3.05) is 37.6 Å². The van der Waals surface area contributed by atoms with Gasteiger partial charge >= 0.3 is 0 Å². The maximum atomic E-state index is 5.66. The molecule has 2 aromatic heterocycles. The highest BCUT2D eigenvalue weighted by Gasteiger charge is 2.18. The molecule has 0 radical (unpaired) electrons. The molecule has 4 nitrogen and oxygen atoms in total. The van der Waals surface area contributed by atoms with Gasteiger partial charge in [0.05, 0.1) is 6.26 Å². The van der Waals surface area contributed by atoms with Crippen LogP contribution in [0.25, 0.3) is 21.9 Å². The number of anilines is 1. The van der Waals surface area contributed by atoms with Crippen molar-refractivity contribution in [2.45, 2.75) is 12.8 Å². The molecule has 0 aliphatic carbocycles. The Morgan fingerprint density at radius 2 is 1.78 bits per heavy atom. The van der Waals surface area contributed by atoms with Gasteiger partial charge in [-0.1, -0.05) is 24.3 Å².